The zero-order valence-corrected chi connectivity index (χ0v) is 15.8. The first kappa shape index (κ1) is 17.1. The maximum atomic E-state index is 12.3. The minimum Gasteiger partial charge on any atom is -0.313 e. The van der Waals surface area contributed by atoms with E-state index in [1.165, 1.54) is 11.0 Å². The Kier molecular flexibility index (Phi) is 4.02. The summed E-state index contributed by atoms with van der Waals surface area (Å²) in [6.45, 7) is 10.7. The Hall–Kier alpha value is -2.35. The van der Waals surface area contributed by atoms with Crippen LogP contribution in [0.4, 0.5) is 0 Å². The molecule has 0 radical (unpaired) electrons. The van der Waals surface area contributed by atoms with Crippen LogP contribution in [-0.4, -0.2) is 48.0 Å². The number of likely N-dealkylation sites (tertiary alicyclic amines) is 1. The van der Waals surface area contributed by atoms with Crippen LogP contribution >= 0.6 is 0 Å². The van der Waals surface area contributed by atoms with Crippen molar-refractivity contribution in [1.82, 2.24) is 28.4 Å². The summed E-state index contributed by atoms with van der Waals surface area (Å²) < 4.78 is 5.32. The van der Waals surface area contributed by atoms with Crippen LogP contribution in [0.15, 0.2) is 15.8 Å². The van der Waals surface area contributed by atoms with Crippen molar-refractivity contribution in [3.05, 3.63) is 32.7 Å². The second-order valence-corrected chi connectivity index (χ2v) is 7.90. The Labute approximate surface area is 151 Å². The molecular formula is C18H26N6O2. The highest BCUT2D eigenvalue weighted by molar-refractivity contribution is 5.75. The fourth-order valence-electron chi connectivity index (χ4n) is 4.41. The first-order chi connectivity index (χ1) is 12.3. The van der Waals surface area contributed by atoms with Crippen LogP contribution in [0.25, 0.3) is 16.9 Å². The van der Waals surface area contributed by atoms with Crippen molar-refractivity contribution in [3.63, 3.8) is 0 Å². The molecule has 4 rings (SSSR count). The maximum Gasteiger partial charge on any atom is 0.329 e. The average molecular weight is 358 g/mol. The normalized spacial score (nSPS) is 21.8. The van der Waals surface area contributed by atoms with E-state index in [2.05, 4.69) is 33.3 Å². The van der Waals surface area contributed by atoms with Crippen LogP contribution in [0.2, 0.25) is 0 Å². The molecule has 1 N–H and O–H groups in total. The first-order valence-corrected chi connectivity index (χ1v) is 9.24. The van der Waals surface area contributed by atoms with Crippen LogP contribution in [-0.2, 0) is 13.6 Å². The summed E-state index contributed by atoms with van der Waals surface area (Å²) in [6.07, 6.45) is 3.22. The molecule has 8 nitrogen and oxygen atoms in total. The van der Waals surface area contributed by atoms with Gasteiger partial charge in [0.2, 0.25) is 5.78 Å². The van der Waals surface area contributed by atoms with Gasteiger partial charge in [0.1, 0.15) is 0 Å². The molecule has 1 saturated heterocycles. The lowest BCUT2D eigenvalue weighted by atomic mass is 9.92. The fourth-order valence-corrected chi connectivity index (χ4v) is 4.41. The van der Waals surface area contributed by atoms with Crippen LogP contribution in [0.1, 0.15) is 26.0 Å². The number of imidazole rings is 2. The van der Waals surface area contributed by atoms with E-state index in [1.807, 2.05) is 13.1 Å². The molecule has 0 bridgehead atoms. The minimum absolute atomic E-state index is 0.397. The van der Waals surface area contributed by atoms with Crippen molar-refractivity contribution in [2.75, 3.05) is 19.6 Å². The number of aryl methyl sites for hydroxylation is 2. The molecule has 0 aromatic carbocycles. The number of H-pyrrole nitrogens is 1. The molecule has 1 fully saturated rings. The van der Waals surface area contributed by atoms with Gasteiger partial charge in [-0.3, -0.25) is 18.7 Å². The van der Waals surface area contributed by atoms with E-state index in [0.717, 1.165) is 43.7 Å². The summed E-state index contributed by atoms with van der Waals surface area (Å²) >= 11 is 0. The number of fused-ring (bicyclic) bond motifs is 3. The molecular weight excluding hydrogens is 332 g/mol. The van der Waals surface area contributed by atoms with Crippen molar-refractivity contribution in [2.24, 2.45) is 18.9 Å². The van der Waals surface area contributed by atoms with Crippen molar-refractivity contribution in [3.8, 4) is 0 Å². The van der Waals surface area contributed by atoms with Crippen LogP contribution in [0.5, 0.6) is 0 Å². The van der Waals surface area contributed by atoms with E-state index < -0.39 is 11.2 Å². The van der Waals surface area contributed by atoms with Gasteiger partial charge < -0.3 is 9.47 Å². The molecule has 1 aliphatic rings. The van der Waals surface area contributed by atoms with E-state index in [1.54, 1.807) is 11.4 Å². The van der Waals surface area contributed by atoms with Gasteiger partial charge in [-0.15, -0.1) is 0 Å². The molecule has 8 heteroatoms. The van der Waals surface area contributed by atoms with Crippen molar-refractivity contribution in [2.45, 2.75) is 33.7 Å². The van der Waals surface area contributed by atoms with Gasteiger partial charge in [-0.2, -0.15) is 4.98 Å². The second-order valence-electron chi connectivity index (χ2n) is 7.90. The lowest BCUT2D eigenvalue weighted by Crippen LogP contribution is -2.40. The number of aromatic nitrogens is 5. The molecule has 26 heavy (non-hydrogen) atoms. The number of nitrogens with one attached hydrogen (secondary N) is 1. The number of hydrogen-bond donors (Lipinski definition) is 1. The number of aromatic amines is 1. The van der Waals surface area contributed by atoms with E-state index in [9.17, 15) is 9.59 Å². The molecule has 2 atom stereocenters. The largest absolute Gasteiger partial charge is 0.329 e. The van der Waals surface area contributed by atoms with E-state index in [0.29, 0.717) is 16.9 Å². The Morgan fingerprint density at radius 3 is 2.58 bits per heavy atom. The number of hydrogen-bond acceptors (Lipinski definition) is 4. The number of nitrogens with zero attached hydrogens (tertiary/aromatic N) is 5. The van der Waals surface area contributed by atoms with Crippen molar-refractivity contribution < 1.29 is 0 Å². The van der Waals surface area contributed by atoms with Crippen molar-refractivity contribution >= 4 is 16.9 Å². The van der Waals surface area contributed by atoms with Crippen molar-refractivity contribution in [1.29, 1.82) is 0 Å². The van der Waals surface area contributed by atoms with Crippen LogP contribution in [0.3, 0.4) is 0 Å². The molecule has 1 aliphatic heterocycles. The van der Waals surface area contributed by atoms with E-state index in [4.69, 9.17) is 0 Å². The summed E-state index contributed by atoms with van der Waals surface area (Å²) in [7, 11) is 1.63. The lowest BCUT2D eigenvalue weighted by Gasteiger charge is -2.35. The summed E-state index contributed by atoms with van der Waals surface area (Å²) in [5, 5.41) is 0. The predicted octanol–water partition coefficient (Wildman–Crippen LogP) is 0.962. The molecule has 3 aromatic heterocycles. The van der Waals surface area contributed by atoms with Gasteiger partial charge in [0.25, 0.3) is 5.56 Å². The maximum absolute atomic E-state index is 12.3. The molecule has 140 valence electrons. The standard InChI is InChI=1S/C18H26N6O2/c1-11-7-12(2)9-22(8-11)5-6-23-13(3)10-24-14-15(19-17(23)24)21(4)18(26)20-16(14)25/h10-12H,5-9H2,1-4H3,(H,20,25,26). The summed E-state index contributed by atoms with van der Waals surface area (Å²) in [6, 6.07) is 0. The average Bonchev–Trinajstić information content (AvgIpc) is 3.05. The van der Waals surface area contributed by atoms with Crippen LogP contribution in [0, 0.1) is 18.8 Å². The Balaban J connectivity index is 1.71. The summed E-state index contributed by atoms with van der Waals surface area (Å²) in [5.41, 5.74) is 1.06. The highest BCUT2D eigenvalue weighted by atomic mass is 16.2. The first-order valence-electron chi connectivity index (χ1n) is 9.24. The third-order valence-corrected chi connectivity index (χ3v) is 5.50. The second kappa shape index (κ2) is 6.12. The van der Waals surface area contributed by atoms with Gasteiger partial charge in [0.05, 0.1) is 0 Å². The molecule has 0 amide bonds. The smallest absolute Gasteiger partial charge is 0.313 e. The zero-order valence-electron chi connectivity index (χ0n) is 15.8. The van der Waals surface area contributed by atoms with Gasteiger partial charge in [0.15, 0.2) is 11.2 Å². The topological polar surface area (TPSA) is 80.3 Å². The number of rotatable bonds is 3. The molecule has 0 saturated carbocycles. The predicted molar refractivity (Wildman–Crippen MR) is 101 cm³/mol. The quantitative estimate of drug-likeness (QED) is 0.756. The molecule has 3 aromatic rings. The van der Waals surface area contributed by atoms with Crippen LogP contribution < -0.4 is 11.2 Å². The third-order valence-electron chi connectivity index (χ3n) is 5.50. The zero-order chi connectivity index (χ0) is 18.6. The van der Waals surface area contributed by atoms with Gasteiger partial charge >= 0.3 is 5.69 Å². The SMILES string of the molecule is Cc1cn2c3c(=O)[nH]c(=O)n(C)c3nc2n1CCN1CC(C)CC(C)C1. The fraction of sp³-hybridized carbons (Fsp3) is 0.611. The highest BCUT2D eigenvalue weighted by Crippen LogP contribution is 2.21. The van der Waals surface area contributed by atoms with Gasteiger partial charge in [0, 0.05) is 45.1 Å². The lowest BCUT2D eigenvalue weighted by molar-refractivity contribution is 0.137. The molecule has 0 aliphatic carbocycles. The molecule has 0 spiro atoms. The van der Waals surface area contributed by atoms with Gasteiger partial charge in [-0.05, 0) is 25.2 Å². The Morgan fingerprint density at radius 2 is 1.88 bits per heavy atom. The third kappa shape index (κ3) is 2.68. The van der Waals surface area contributed by atoms with E-state index in [-0.39, 0.29) is 0 Å². The van der Waals surface area contributed by atoms with E-state index >= 15 is 0 Å². The molecule has 2 unspecified atom stereocenters. The summed E-state index contributed by atoms with van der Waals surface area (Å²) in [5.74, 6) is 2.17. The Morgan fingerprint density at radius 1 is 1.19 bits per heavy atom. The summed E-state index contributed by atoms with van der Waals surface area (Å²) in [4.78, 5) is 33.6. The highest BCUT2D eigenvalue weighted by Gasteiger charge is 2.22. The Bertz CT molecular complexity index is 1080. The number of piperidine rings is 1. The van der Waals surface area contributed by atoms with Gasteiger partial charge in [-0.25, -0.2) is 4.79 Å². The minimum atomic E-state index is -0.442. The monoisotopic (exact) mass is 358 g/mol. The van der Waals surface area contributed by atoms with Gasteiger partial charge in [-0.1, -0.05) is 13.8 Å². The molecule has 4 heterocycles.